The molecule has 1 aromatic heterocycles. The van der Waals surface area contributed by atoms with Crippen LogP contribution < -0.4 is 5.56 Å². The Balaban J connectivity index is 3.43. The Hall–Kier alpha value is -0.690. The summed E-state index contributed by atoms with van der Waals surface area (Å²) in [5, 5.41) is 0. The molecule has 1 heterocycles. The highest BCUT2D eigenvalue weighted by Gasteiger charge is 2.12. The molecular formula is C5H3BrFNO3S. The van der Waals surface area contributed by atoms with Gasteiger partial charge in [-0.1, -0.05) is 0 Å². The molecule has 0 unspecified atom stereocenters. The minimum atomic E-state index is -4.74. The molecule has 4 nitrogen and oxygen atoms in total. The van der Waals surface area contributed by atoms with Crippen LogP contribution in [-0.2, 0) is 10.2 Å². The van der Waals surface area contributed by atoms with Crippen LogP contribution in [0.15, 0.2) is 26.4 Å². The molecule has 66 valence electrons. The van der Waals surface area contributed by atoms with Crippen molar-refractivity contribution in [3.63, 3.8) is 0 Å². The molecule has 0 radical (unpaired) electrons. The number of aromatic amines is 1. The zero-order valence-corrected chi connectivity index (χ0v) is 7.95. The maximum Gasteiger partial charge on any atom is 0.333 e. The van der Waals surface area contributed by atoms with Gasteiger partial charge >= 0.3 is 10.2 Å². The van der Waals surface area contributed by atoms with Gasteiger partial charge in [-0.15, -0.1) is 3.89 Å². The summed E-state index contributed by atoms with van der Waals surface area (Å²) in [6.45, 7) is 0. The third-order valence-electron chi connectivity index (χ3n) is 1.11. The van der Waals surface area contributed by atoms with Crippen molar-refractivity contribution < 1.29 is 12.3 Å². The number of pyridine rings is 1. The number of H-pyrrole nitrogens is 1. The van der Waals surface area contributed by atoms with Crippen molar-refractivity contribution in [3.8, 4) is 0 Å². The van der Waals surface area contributed by atoms with E-state index in [0.29, 0.717) is 0 Å². The molecule has 0 aliphatic rings. The molecule has 0 aromatic carbocycles. The van der Waals surface area contributed by atoms with Crippen molar-refractivity contribution in [1.82, 2.24) is 4.98 Å². The predicted molar refractivity (Wildman–Crippen MR) is 43.1 cm³/mol. The van der Waals surface area contributed by atoms with Gasteiger partial charge in [0.15, 0.2) is 0 Å². The summed E-state index contributed by atoms with van der Waals surface area (Å²) in [5.41, 5.74) is -0.512. The van der Waals surface area contributed by atoms with Gasteiger partial charge in [0.25, 0.3) is 5.56 Å². The van der Waals surface area contributed by atoms with Crippen molar-refractivity contribution in [1.29, 1.82) is 0 Å². The first-order valence-corrected chi connectivity index (χ1v) is 4.92. The van der Waals surface area contributed by atoms with Gasteiger partial charge in [-0.05, 0) is 22.0 Å². The molecule has 12 heavy (non-hydrogen) atoms. The van der Waals surface area contributed by atoms with Gasteiger partial charge in [0, 0.05) is 6.20 Å². The molecule has 0 spiro atoms. The molecule has 0 bridgehead atoms. The second-order valence-corrected chi connectivity index (χ2v) is 4.15. The van der Waals surface area contributed by atoms with Crippen LogP contribution in [0.3, 0.4) is 0 Å². The standard InChI is InChI=1S/C5H3BrFNO3S/c6-4-1-3(12(7,10)11)2-8-5(4)9/h1-2H,(H,8,9). The van der Waals surface area contributed by atoms with Crippen LogP contribution >= 0.6 is 15.9 Å². The van der Waals surface area contributed by atoms with Gasteiger partial charge < -0.3 is 4.98 Å². The normalized spacial score (nSPS) is 11.5. The molecule has 0 fully saturated rings. The smallest absolute Gasteiger partial charge is 0.327 e. The van der Waals surface area contributed by atoms with Crippen LogP contribution in [0.1, 0.15) is 0 Å². The van der Waals surface area contributed by atoms with Gasteiger partial charge in [0.2, 0.25) is 0 Å². The summed E-state index contributed by atoms with van der Waals surface area (Å²) >= 11 is 2.76. The zero-order valence-electron chi connectivity index (χ0n) is 5.54. The highest BCUT2D eigenvalue weighted by molar-refractivity contribution is 9.10. The van der Waals surface area contributed by atoms with Gasteiger partial charge in [-0.2, -0.15) is 8.42 Å². The van der Waals surface area contributed by atoms with E-state index in [1.807, 2.05) is 0 Å². The minimum absolute atomic E-state index is 0.0266. The fourth-order valence-corrected chi connectivity index (χ4v) is 1.55. The van der Waals surface area contributed by atoms with E-state index in [9.17, 15) is 17.1 Å². The molecule has 0 atom stereocenters. The van der Waals surface area contributed by atoms with E-state index in [1.165, 1.54) is 0 Å². The monoisotopic (exact) mass is 255 g/mol. The number of halogens is 2. The summed E-state index contributed by atoms with van der Waals surface area (Å²) < 4.78 is 32.8. The molecule has 1 aromatic rings. The minimum Gasteiger partial charge on any atom is -0.327 e. The topological polar surface area (TPSA) is 67.0 Å². The summed E-state index contributed by atoms with van der Waals surface area (Å²) in [4.78, 5) is 12.2. The van der Waals surface area contributed by atoms with Gasteiger partial charge in [0.1, 0.15) is 4.90 Å². The maximum atomic E-state index is 12.3. The van der Waals surface area contributed by atoms with Crippen LogP contribution in [-0.4, -0.2) is 13.4 Å². The fourth-order valence-electron chi connectivity index (χ4n) is 0.579. The van der Waals surface area contributed by atoms with E-state index in [-0.39, 0.29) is 4.47 Å². The molecule has 0 amide bonds. The predicted octanol–water partition coefficient (Wildman–Crippen LogP) is 0.796. The lowest BCUT2D eigenvalue weighted by molar-refractivity contribution is 0.551. The first kappa shape index (κ1) is 9.40. The highest BCUT2D eigenvalue weighted by atomic mass is 79.9. The average molecular weight is 256 g/mol. The van der Waals surface area contributed by atoms with E-state index < -0.39 is 20.7 Å². The number of nitrogens with one attached hydrogen (secondary N) is 1. The quantitative estimate of drug-likeness (QED) is 0.755. The SMILES string of the molecule is O=c1[nH]cc(S(=O)(=O)F)cc1Br. The Morgan fingerprint density at radius 3 is 2.50 bits per heavy atom. The molecule has 1 N–H and O–H groups in total. The Bertz CT molecular complexity index is 452. The lowest BCUT2D eigenvalue weighted by Crippen LogP contribution is -2.07. The Morgan fingerprint density at radius 2 is 2.08 bits per heavy atom. The summed E-state index contributed by atoms with van der Waals surface area (Å²) in [6, 6.07) is 0.897. The maximum absolute atomic E-state index is 12.3. The molecule has 1 rings (SSSR count). The molecule has 0 saturated carbocycles. The second-order valence-electron chi connectivity index (χ2n) is 1.95. The first-order valence-electron chi connectivity index (χ1n) is 2.74. The Kier molecular flexibility index (Phi) is 2.34. The van der Waals surface area contributed by atoms with Crippen LogP contribution in [0.25, 0.3) is 0 Å². The molecular weight excluding hydrogens is 253 g/mol. The van der Waals surface area contributed by atoms with Crippen LogP contribution in [0.5, 0.6) is 0 Å². The Labute approximate surface area is 75.8 Å². The van der Waals surface area contributed by atoms with Gasteiger partial charge in [-0.3, -0.25) is 4.79 Å². The van der Waals surface area contributed by atoms with Crippen molar-refractivity contribution in [2.75, 3.05) is 0 Å². The number of rotatable bonds is 1. The lowest BCUT2D eigenvalue weighted by atomic mass is 10.5. The van der Waals surface area contributed by atoms with E-state index in [4.69, 9.17) is 0 Å². The molecule has 0 aliphatic carbocycles. The summed E-state index contributed by atoms with van der Waals surface area (Å²) in [7, 11) is -4.74. The fraction of sp³-hybridized carbons (Fsp3) is 0. The number of hydrogen-bond donors (Lipinski definition) is 1. The number of hydrogen-bond acceptors (Lipinski definition) is 3. The molecule has 0 aliphatic heterocycles. The van der Waals surface area contributed by atoms with E-state index in [2.05, 4.69) is 20.9 Å². The summed E-state index contributed by atoms with van der Waals surface area (Å²) in [5.74, 6) is 0. The van der Waals surface area contributed by atoms with Crippen LogP contribution in [0, 0.1) is 0 Å². The summed E-state index contributed by atoms with van der Waals surface area (Å²) in [6.07, 6.45) is 0.794. The third kappa shape index (κ3) is 1.92. The van der Waals surface area contributed by atoms with E-state index in [0.717, 1.165) is 12.3 Å². The largest absolute Gasteiger partial charge is 0.333 e. The van der Waals surface area contributed by atoms with Crippen molar-refractivity contribution >= 4 is 26.2 Å². The average Bonchev–Trinajstić information content (AvgIpc) is 1.92. The lowest BCUT2D eigenvalue weighted by Gasteiger charge is -1.93. The zero-order chi connectivity index (χ0) is 9.35. The Morgan fingerprint density at radius 1 is 1.50 bits per heavy atom. The van der Waals surface area contributed by atoms with E-state index >= 15 is 0 Å². The van der Waals surface area contributed by atoms with Crippen LogP contribution in [0.4, 0.5) is 3.89 Å². The second kappa shape index (κ2) is 2.98. The number of aromatic nitrogens is 1. The first-order chi connectivity index (χ1) is 5.41. The molecule has 0 saturated heterocycles. The molecule has 7 heteroatoms. The van der Waals surface area contributed by atoms with Crippen molar-refractivity contribution in [2.45, 2.75) is 4.90 Å². The van der Waals surface area contributed by atoms with Crippen LogP contribution in [0.2, 0.25) is 0 Å². The third-order valence-corrected chi connectivity index (χ3v) is 2.50. The van der Waals surface area contributed by atoms with Crippen molar-refractivity contribution in [3.05, 3.63) is 27.1 Å². The van der Waals surface area contributed by atoms with E-state index in [1.54, 1.807) is 0 Å². The van der Waals surface area contributed by atoms with Gasteiger partial charge in [-0.25, -0.2) is 0 Å². The van der Waals surface area contributed by atoms with Crippen molar-refractivity contribution in [2.24, 2.45) is 0 Å². The highest BCUT2D eigenvalue weighted by Crippen LogP contribution is 2.12. The van der Waals surface area contributed by atoms with Gasteiger partial charge in [0.05, 0.1) is 4.47 Å².